The summed E-state index contributed by atoms with van der Waals surface area (Å²) in [6.45, 7) is 9.01. The molecule has 5 saturated heterocycles. The Morgan fingerprint density at radius 2 is 1.25 bits per heavy atom. The zero-order chi connectivity index (χ0) is 44.5. The largest absolute Gasteiger partial charge is 0.380 e. The van der Waals surface area contributed by atoms with Gasteiger partial charge in [-0.15, -0.1) is 0 Å². The molecule has 0 bridgehead atoms. The molecule has 2 amide bonds. The van der Waals surface area contributed by atoms with Gasteiger partial charge in [0.1, 0.15) is 47.0 Å². The maximum absolute atomic E-state index is 15.5. The van der Waals surface area contributed by atoms with Crippen LogP contribution in [-0.4, -0.2) is 103 Å². The molecular weight excluding hydrogens is 858 g/mol. The normalized spacial score (nSPS) is 18.8. The molecule has 2 spiro atoms. The molecule has 0 saturated carbocycles. The van der Waals surface area contributed by atoms with Crippen molar-refractivity contribution in [2.45, 2.75) is 26.7 Å². The molecule has 5 aliphatic rings. The highest BCUT2D eigenvalue weighted by molar-refractivity contribution is 6.36. The minimum atomic E-state index is -0.760. The van der Waals surface area contributed by atoms with Gasteiger partial charge in [-0.1, -0.05) is 11.6 Å². The smallest absolute Gasteiger partial charge is 0.228 e. The van der Waals surface area contributed by atoms with Gasteiger partial charge >= 0.3 is 0 Å². The second-order valence-corrected chi connectivity index (χ2v) is 17.5. The van der Waals surface area contributed by atoms with Crippen LogP contribution in [0.1, 0.15) is 24.0 Å². The molecule has 9 heterocycles. The number of halogens is 5. The number of nitrogens with zero attached hydrogens (tertiary/aromatic N) is 8. The molecule has 4 aromatic heterocycles. The van der Waals surface area contributed by atoms with Gasteiger partial charge < -0.3 is 24.4 Å². The van der Waals surface area contributed by atoms with E-state index in [4.69, 9.17) is 30.8 Å². The average molecular weight is 898 g/mol. The molecule has 0 aliphatic carbocycles. The van der Waals surface area contributed by atoms with Gasteiger partial charge in [0.25, 0.3) is 0 Å². The SMILES string of the molecule is Cc1c(N2CC3(COC3)CC2=O)nc2cc(F)cc(F)c2c1Cl.Cc1c(N2CC3(COC3)CC2=O)nc2cc(F)cc(F)c2c1Nc1cc(N2CCOCC2)ncc1-c1cncnc1. The number of nitrogens with one attached hydrogen (secondary N) is 1. The minimum Gasteiger partial charge on any atom is -0.380 e. The first-order valence-corrected chi connectivity index (χ1v) is 21.0. The standard InChI is InChI=1S/C29H27F2N7O3.C16H13ClF2N2O2/c1-17-27(35-22-8-24(37-2-4-40-5-3-37)34-12-20(22)18-10-32-16-33-11-18)26-21(31)6-19(30)7-23(26)36-28(17)38-13-29(9-25(38)39)14-41-15-29;1-8-14(17)13-10(19)2-9(18)3-11(13)20-15(8)21-5-16(4-12(21)22)6-23-7-16/h6-8,10-12,16H,2-5,9,13-15H2,1H3,(H,34,35,36);2-3H,4-7H2,1H3. The van der Waals surface area contributed by atoms with Gasteiger partial charge in [0.15, 0.2) is 0 Å². The Balaban J connectivity index is 0.000000178. The molecule has 5 fully saturated rings. The number of amides is 2. The van der Waals surface area contributed by atoms with E-state index in [9.17, 15) is 22.8 Å². The summed E-state index contributed by atoms with van der Waals surface area (Å²) < 4.78 is 73.5. The third-order valence-electron chi connectivity index (χ3n) is 12.5. The maximum Gasteiger partial charge on any atom is 0.228 e. The highest BCUT2D eigenvalue weighted by atomic mass is 35.5. The highest BCUT2D eigenvalue weighted by Gasteiger charge is 2.51. The molecule has 11 rings (SSSR count). The fourth-order valence-electron chi connectivity index (χ4n) is 9.09. The van der Waals surface area contributed by atoms with Gasteiger partial charge in [-0.05, 0) is 13.8 Å². The summed E-state index contributed by atoms with van der Waals surface area (Å²) in [6, 6.07) is 5.81. The molecule has 14 nitrogen and oxygen atoms in total. The lowest BCUT2D eigenvalue weighted by atomic mass is 9.85. The first-order valence-electron chi connectivity index (χ1n) is 20.7. The quantitative estimate of drug-likeness (QED) is 0.168. The number of carbonyl (C=O) groups excluding carboxylic acids is 2. The molecule has 6 aromatic rings. The molecule has 1 N–H and O–H groups in total. The topological polar surface area (TPSA) is 148 Å². The molecular formula is C45H40ClF4N9O5. The summed E-state index contributed by atoms with van der Waals surface area (Å²) in [4.78, 5) is 52.7. The number of fused-ring (bicyclic) bond motifs is 2. The van der Waals surface area contributed by atoms with Crippen LogP contribution in [0.4, 0.5) is 46.4 Å². The van der Waals surface area contributed by atoms with Crippen molar-refractivity contribution in [3.63, 3.8) is 0 Å². The van der Waals surface area contributed by atoms with Gasteiger partial charge in [0.05, 0.1) is 77.8 Å². The van der Waals surface area contributed by atoms with E-state index in [1.807, 2.05) is 6.07 Å². The van der Waals surface area contributed by atoms with E-state index in [2.05, 4.69) is 30.2 Å². The Bertz CT molecular complexity index is 2880. The van der Waals surface area contributed by atoms with Crippen molar-refractivity contribution in [2.24, 2.45) is 10.8 Å². The van der Waals surface area contributed by atoms with Crippen LogP contribution in [-0.2, 0) is 23.8 Å². The minimum absolute atomic E-state index is 0.0719. The monoisotopic (exact) mass is 897 g/mol. The number of hydrogen-bond acceptors (Lipinski definition) is 12. The van der Waals surface area contributed by atoms with Crippen LogP contribution >= 0.6 is 11.6 Å². The van der Waals surface area contributed by atoms with E-state index in [-0.39, 0.29) is 49.5 Å². The Kier molecular flexibility index (Phi) is 10.6. The molecule has 19 heteroatoms. The lowest BCUT2D eigenvalue weighted by Gasteiger charge is -2.37. The van der Waals surface area contributed by atoms with E-state index in [1.165, 1.54) is 12.4 Å². The zero-order valence-corrected chi connectivity index (χ0v) is 35.4. The van der Waals surface area contributed by atoms with Crippen LogP contribution in [0.15, 0.2) is 55.2 Å². The lowest BCUT2D eigenvalue weighted by Crippen LogP contribution is -2.44. The molecule has 5 aliphatic heterocycles. The van der Waals surface area contributed by atoms with E-state index >= 15 is 4.39 Å². The van der Waals surface area contributed by atoms with Crippen LogP contribution in [0, 0.1) is 47.9 Å². The Labute approximate surface area is 368 Å². The van der Waals surface area contributed by atoms with Gasteiger partial charge in [-0.2, -0.15) is 0 Å². The van der Waals surface area contributed by atoms with Gasteiger partial charge in [-0.3, -0.25) is 19.4 Å². The van der Waals surface area contributed by atoms with Gasteiger partial charge in [-0.25, -0.2) is 42.5 Å². The number of anilines is 5. The van der Waals surface area contributed by atoms with Gasteiger partial charge in [0, 0.05) is 121 Å². The predicted octanol–water partition coefficient (Wildman–Crippen LogP) is 7.24. The van der Waals surface area contributed by atoms with E-state index in [0.717, 1.165) is 24.0 Å². The van der Waals surface area contributed by atoms with Crippen molar-refractivity contribution >= 4 is 74.0 Å². The fourth-order valence-corrected chi connectivity index (χ4v) is 9.36. The van der Waals surface area contributed by atoms with Crippen molar-refractivity contribution in [2.75, 3.05) is 85.8 Å². The van der Waals surface area contributed by atoms with Gasteiger partial charge in [0.2, 0.25) is 11.8 Å². The van der Waals surface area contributed by atoms with Crippen LogP contribution in [0.25, 0.3) is 32.9 Å². The Morgan fingerprint density at radius 3 is 1.80 bits per heavy atom. The number of carbonyl (C=O) groups is 2. The number of pyridine rings is 3. The molecule has 64 heavy (non-hydrogen) atoms. The number of morpholine rings is 1. The second kappa shape index (κ2) is 16.2. The first-order chi connectivity index (χ1) is 30.8. The molecule has 330 valence electrons. The third kappa shape index (κ3) is 7.41. The number of aromatic nitrogens is 5. The van der Waals surface area contributed by atoms with E-state index in [0.29, 0.717) is 124 Å². The van der Waals surface area contributed by atoms with Crippen LogP contribution < -0.4 is 20.0 Å². The van der Waals surface area contributed by atoms with E-state index in [1.54, 1.807) is 42.2 Å². The highest BCUT2D eigenvalue weighted by Crippen LogP contribution is 2.45. The molecule has 2 aromatic carbocycles. The van der Waals surface area contributed by atoms with Crippen molar-refractivity contribution in [1.82, 2.24) is 24.9 Å². The summed E-state index contributed by atoms with van der Waals surface area (Å²) in [7, 11) is 0. The maximum atomic E-state index is 15.5. The van der Waals surface area contributed by atoms with Crippen molar-refractivity contribution < 1.29 is 41.4 Å². The lowest BCUT2D eigenvalue weighted by molar-refractivity contribution is -0.126. The Hall–Kier alpha value is -6.08. The van der Waals surface area contributed by atoms with Crippen molar-refractivity contribution in [1.29, 1.82) is 0 Å². The Morgan fingerprint density at radius 1 is 0.703 bits per heavy atom. The van der Waals surface area contributed by atoms with Crippen LogP contribution in [0.2, 0.25) is 5.02 Å². The average Bonchev–Trinajstić information content (AvgIpc) is 3.81. The zero-order valence-electron chi connectivity index (χ0n) is 34.7. The van der Waals surface area contributed by atoms with Crippen LogP contribution in [0.5, 0.6) is 0 Å². The number of ether oxygens (including phenoxy) is 3. The second-order valence-electron chi connectivity index (χ2n) is 17.1. The summed E-state index contributed by atoms with van der Waals surface area (Å²) in [5.74, 6) is -1.71. The first kappa shape index (κ1) is 41.9. The summed E-state index contributed by atoms with van der Waals surface area (Å²) >= 11 is 6.27. The summed E-state index contributed by atoms with van der Waals surface area (Å²) in [6.07, 6.45) is 7.25. The summed E-state index contributed by atoms with van der Waals surface area (Å²) in [5, 5.41) is 3.78. The van der Waals surface area contributed by atoms with Crippen molar-refractivity contribution in [3.8, 4) is 11.1 Å². The number of benzene rings is 2. The predicted molar refractivity (Wildman–Crippen MR) is 230 cm³/mol. The van der Waals surface area contributed by atoms with Crippen molar-refractivity contribution in [3.05, 3.63) is 94.7 Å². The summed E-state index contributed by atoms with van der Waals surface area (Å²) in [5.41, 5.74) is 3.28. The van der Waals surface area contributed by atoms with E-state index < -0.39 is 23.3 Å². The molecule has 0 unspecified atom stereocenters. The molecule has 0 atom stereocenters. The van der Waals surface area contributed by atoms with Crippen LogP contribution in [0.3, 0.4) is 0 Å². The number of hydrogen-bond donors (Lipinski definition) is 1. The number of rotatable bonds is 6. The molecule has 0 radical (unpaired) electrons. The third-order valence-corrected chi connectivity index (χ3v) is 13.0. The fraction of sp³-hybridized carbons (Fsp3) is 0.356.